The van der Waals surface area contributed by atoms with Crippen molar-refractivity contribution in [3.05, 3.63) is 87.3 Å². The van der Waals surface area contributed by atoms with E-state index in [1.807, 2.05) is 49.5 Å². The molecular formula is C25H30N8O. The highest BCUT2D eigenvalue weighted by molar-refractivity contribution is 5.82. The van der Waals surface area contributed by atoms with Crippen LogP contribution in [-0.4, -0.2) is 42.7 Å². The highest BCUT2D eigenvalue weighted by atomic mass is 16.3. The summed E-state index contributed by atoms with van der Waals surface area (Å²) >= 11 is 0. The Morgan fingerprint density at radius 3 is 2.97 bits per heavy atom. The fourth-order valence-corrected chi connectivity index (χ4v) is 4.37. The molecule has 3 atom stereocenters. The maximum Gasteiger partial charge on any atom is 0.102 e. The fourth-order valence-electron chi connectivity index (χ4n) is 4.37. The number of hydrogen-bond donors (Lipinski definition) is 4. The quantitative estimate of drug-likeness (QED) is 0.256. The Hall–Kier alpha value is -3.81. The summed E-state index contributed by atoms with van der Waals surface area (Å²) < 4.78 is 0. The molecule has 0 aliphatic carbocycles. The number of aliphatic hydroxyl groups excluding tert-OH is 1. The molecule has 0 saturated heterocycles. The first-order valence-corrected chi connectivity index (χ1v) is 11.4. The number of aryl methyl sites for hydroxylation is 1. The van der Waals surface area contributed by atoms with Crippen molar-refractivity contribution in [2.24, 2.45) is 16.0 Å². The number of benzene rings is 1. The third-order valence-corrected chi connectivity index (χ3v) is 6.43. The van der Waals surface area contributed by atoms with Crippen molar-refractivity contribution in [1.29, 1.82) is 0 Å². The number of nitrogens with zero attached hydrogens (tertiary/aromatic N) is 5. The fraction of sp³-hybridized carbons (Fsp3) is 0.360. The zero-order valence-corrected chi connectivity index (χ0v) is 19.4. The molecule has 9 heteroatoms. The van der Waals surface area contributed by atoms with Gasteiger partial charge in [-0.1, -0.05) is 42.4 Å². The van der Waals surface area contributed by atoms with Gasteiger partial charge < -0.3 is 21.1 Å². The average molecular weight is 459 g/mol. The minimum atomic E-state index is -0.112. The standard InChI is InChI=1S/C25H30N8O/c1-16-6-7-18(11-28-16)23-10-24(31-15-30-23)29-12-20(13-32-33-26)17(2)21-4-3-5-22-19(14-34)8-9-27-25(21)22/h3-8,10-11,15,17,20,23,27,29,34H,9,12-14H2,1-2H3,(H,30,31)/t17?,20-,23?/m0/s1. The first kappa shape index (κ1) is 23.4. The molecule has 3 heterocycles. The van der Waals surface area contributed by atoms with Crippen LogP contribution in [0.25, 0.3) is 16.0 Å². The lowest BCUT2D eigenvalue weighted by molar-refractivity contribution is 0.350. The summed E-state index contributed by atoms with van der Waals surface area (Å²) in [6.07, 6.45) is 7.59. The monoisotopic (exact) mass is 458 g/mol. The Morgan fingerprint density at radius 1 is 1.32 bits per heavy atom. The van der Waals surface area contributed by atoms with E-state index in [2.05, 4.69) is 48.9 Å². The van der Waals surface area contributed by atoms with Crippen LogP contribution in [0, 0.1) is 12.8 Å². The van der Waals surface area contributed by atoms with Crippen LogP contribution in [0.15, 0.2) is 64.6 Å². The van der Waals surface area contributed by atoms with Gasteiger partial charge in [-0.2, -0.15) is 0 Å². The van der Waals surface area contributed by atoms with Gasteiger partial charge in [0.25, 0.3) is 0 Å². The SMILES string of the molecule is Cc1ccc(C2C=C(NC[C@@H](CN=[N+]=[N-])C(C)c3cccc4c3NCC=C4CO)NC=N2)cn1. The lowest BCUT2D eigenvalue weighted by atomic mass is 9.83. The minimum absolute atomic E-state index is 0.00920. The van der Waals surface area contributed by atoms with E-state index in [1.54, 1.807) is 6.34 Å². The van der Waals surface area contributed by atoms with Gasteiger partial charge in [-0.05, 0) is 53.1 Å². The van der Waals surface area contributed by atoms with E-state index in [1.165, 1.54) is 0 Å². The van der Waals surface area contributed by atoms with E-state index < -0.39 is 0 Å². The summed E-state index contributed by atoms with van der Waals surface area (Å²) in [5.41, 5.74) is 15.1. The summed E-state index contributed by atoms with van der Waals surface area (Å²) in [4.78, 5) is 11.9. The van der Waals surface area contributed by atoms with Crippen LogP contribution in [0.4, 0.5) is 5.69 Å². The predicted octanol–water partition coefficient (Wildman–Crippen LogP) is 4.03. The van der Waals surface area contributed by atoms with Crippen LogP contribution in [-0.2, 0) is 0 Å². The van der Waals surface area contributed by atoms with Gasteiger partial charge >= 0.3 is 0 Å². The summed E-state index contributed by atoms with van der Waals surface area (Å²) in [6, 6.07) is 10.1. The van der Waals surface area contributed by atoms with Gasteiger partial charge in [-0.25, -0.2) is 0 Å². The summed E-state index contributed by atoms with van der Waals surface area (Å²) in [6.45, 7) is 5.77. The second kappa shape index (κ2) is 10.9. The minimum Gasteiger partial charge on any atom is -0.392 e. The van der Waals surface area contributed by atoms with Crippen molar-refractivity contribution in [2.75, 3.05) is 31.6 Å². The molecule has 4 N–H and O–H groups in total. The van der Waals surface area contributed by atoms with E-state index in [0.717, 1.165) is 39.5 Å². The van der Waals surface area contributed by atoms with Crippen molar-refractivity contribution in [1.82, 2.24) is 15.6 Å². The van der Waals surface area contributed by atoms with E-state index in [9.17, 15) is 5.11 Å². The molecule has 9 nitrogen and oxygen atoms in total. The van der Waals surface area contributed by atoms with E-state index >= 15 is 0 Å². The Balaban J connectivity index is 1.51. The number of rotatable bonds is 9. The summed E-state index contributed by atoms with van der Waals surface area (Å²) in [5, 5.41) is 23.7. The topological polar surface area (TPSA) is 130 Å². The predicted molar refractivity (Wildman–Crippen MR) is 135 cm³/mol. The van der Waals surface area contributed by atoms with Gasteiger partial charge in [0.15, 0.2) is 0 Å². The lowest BCUT2D eigenvalue weighted by Crippen LogP contribution is -2.34. The number of azide groups is 1. The molecule has 4 rings (SSSR count). The van der Waals surface area contributed by atoms with Gasteiger partial charge in [0.05, 0.1) is 19.0 Å². The number of pyridine rings is 1. The lowest BCUT2D eigenvalue weighted by Gasteiger charge is -2.29. The van der Waals surface area contributed by atoms with Crippen molar-refractivity contribution in [2.45, 2.75) is 25.8 Å². The molecule has 1 aromatic heterocycles. The van der Waals surface area contributed by atoms with Crippen molar-refractivity contribution < 1.29 is 5.11 Å². The highest BCUT2D eigenvalue weighted by Gasteiger charge is 2.24. The number of fused-ring (bicyclic) bond motifs is 1. The highest BCUT2D eigenvalue weighted by Crippen LogP contribution is 2.37. The molecular weight excluding hydrogens is 428 g/mol. The van der Waals surface area contributed by atoms with Gasteiger partial charge in [-0.15, -0.1) is 0 Å². The maximum atomic E-state index is 9.75. The van der Waals surface area contributed by atoms with Gasteiger partial charge in [0.2, 0.25) is 0 Å². The van der Waals surface area contributed by atoms with Crippen molar-refractivity contribution in [3.63, 3.8) is 0 Å². The summed E-state index contributed by atoms with van der Waals surface area (Å²) in [5.74, 6) is 1.01. The molecule has 2 unspecified atom stereocenters. The molecule has 34 heavy (non-hydrogen) atoms. The maximum absolute atomic E-state index is 9.75. The van der Waals surface area contributed by atoms with Crippen LogP contribution in [0.5, 0.6) is 0 Å². The molecule has 0 amide bonds. The molecule has 2 aliphatic rings. The number of aliphatic hydroxyl groups is 1. The summed E-state index contributed by atoms with van der Waals surface area (Å²) in [7, 11) is 0. The second-order valence-electron chi connectivity index (χ2n) is 8.56. The molecule has 2 aromatic rings. The van der Waals surface area contributed by atoms with Gasteiger partial charge in [-0.3, -0.25) is 9.98 Å². The van der Waals surface area contributed by atoms with Crippen LogP contribution in [0.2, 0.25) is 0 Å². The number of nitrogens with one attached hydrogen (secondary N) is 3. The third-order valence-electron chi connectivity index (χ3n) is 6.43. The molecule has 0 saturated carbocycles. The third kappa shape index (κ3) is 5.22. The largest absolute Gasteiger partial charge is 0.392 e. The smallest absolute Gasteiger partial charge is 0.102 e. The van der Waals surface area contributed by atoms with Crippen LogP contribution in [0.1, 0.15) is 41.3 Å². The Labute approximate surface area is 199 Å². The normalized spacial score (nSPS) is 18.3. The Bertz CT molecular complexity index is 1150. The van der Waals surface area contributed by atoms with Crippen molar-refractivity contribution in [3.8, 4) is 0 Å². The molecule has 1 aromatic carbocycles. The molecule has 0 radical (unpaired) electrons. The molecule has 0 bridgehead atoms. The van der Waals surface area contributed by atoms with Gasteiger partial charge in [0.1, 0.15) is 5.82 Å². The first-order chi connectivity index (χ1) is 16.6. The second-order valence-corrected chi connectivity index (χ2v) is 8.56. The van der Waals surface area contributed by atoms with Crippen LogP contribution < -0.4 is 16.0 Å². The molecule has 176 valence electrons. The first-order valence-electron chi connectivity index (χ1n) is 11.4. The number of hydrogen-bond acceptors (Lipinski definition) is 7. The average Bonchev–Trinajstić information content (AvgIpc) is 2.88. The number of para-hydroxylation sites is 1. The van der Waals surface area contributed by atoms with Gasteiger partial charge in [0, 0.05) is 47.7 Å². The Kier molecular flexibility index (Phi) is 7.47. The zero-order chi connectivity index (χ0) is 23.9. The number of aromatic nitrogens is 1. The van der Waals surface area contributed by atoms with E-state index in [0.29, 0.717) is 19.6 Å². The molecule has 2 aliphatic heterocycles. The Morgan fingerprint density at radius 2 is 2.21 bits per heavy atom. The van der Waals surface area contributed by atoms with Crippen LogP contribution in [0.3, 0.4) is 0 Å². The van der Waals surface area contributed by atoms with E-state index in [-0.39, 0.29) is 24.5 Å². The van der Waals surface area contributed by atoms with E-state index in [4.69, 9.17) is 5.53 Å². The van der Waals surface area contributed by atoms with Crippen molar-refractivity contribution >= 4 is 17.6 Å². The molecule has 0 fully saturated rings. The van der Waals surface area contributed by atoms with Crippen LogP contribution >= 0.6 is 0 Å². The zero-order valence-electron chi connectivity index (χ0n) is 19.4. The number of anilines is 1. The molecule has 0 spiro atoms. The number of aliphatic imine (C=N–C) groups is 1.